The lowest BCUT2D eigenvalue weighted by Gasteiger charge is -2.31. The smallest absolute Gasteiger partial charge is 0.300 e. The van der Waals surface area contributed by atoms with Crippen molar-refractivity contribution in [1.82, 2.24) is 15.2 Å². The maximum absolute atomic E-state index is 13.1. The Balaban J connectivity index is 1.71. The van der Waals surface area contributed by atoms with E-state index in [1.807, 2.05) is 0 Å². The summed E-state index contributed by atoms with van der Waals surface area (Å²) < 4.78 is 39.3. The van der Waals surface area contributed by atoms with Crippen molar-refractivity contribution in [3.8, 4) is 10.7 Å². The maximum atomic E-state index is 13.1. The minimum atomic E-state index is -4.36. The molecule has 1 saturated carbocycles. The Hall–Kier alpha value is -2.03. The second-order valence-corrected chi connectivity index (χ2v) is 6.63. The fourth-order valence-electron chi connectivity index (χ4n) is 2.90. The lowest BCUT2D eigenvalue weighted by Crippen LogP contribution is -2.39. The van der Waals surface area contributed by atoms with Crippen molar-refractivity contribution < 1.29 is 18.0 Å². The number of hydrogen-bond acceptors (Lipinski definition) is 5. The van der Waals surface area contributed by atoms with E-state index in [-0.39, 0.29) is 18.0 Å². The summed E-state index contributed by atoms with van der Waals surface area (Å²) in [5, 5.41) is 10.9. The van der Waals surface area contributed by atoms with Crippen LogP contribution in [0.15, 0.2) is 24.4 Å². The summed E-state index contributed by atoms with van der Waals surface area (Å²) in [7, 11) is 0. The Kier molecular flexibility index (Phi) is 4.79. The zero-order valence-corrected chi connectivity index (χ0v) is 13.4. The number of carbonyl (C=O) groups excluding carboxylic acids is 1. The van der Waals surface area contributed by atoms with Crippen molar-refractivity contribution >= 4 is 22.4 Å². The highest BCUT2D eigenvalue weighted by atomic mass is 32.1. The molecule has 128 valence electrons. The van der Waals surface area contributed by atoms with Gasteiger partial charge in [0.05, 0.1) is 5.92 Å². The van der Waals surface area contributed by atoms with Gasteiger partial charge in [0.1, 0.15) is 5.69 Å². The van der Waals surface area contributed by atoms with Gasteiger partial charge >= 0.3 is 6.18 Å². The van der Waals surface area contributed by atoms with Crippen LogP contribution in [-0.2, 0) is 4.79 Å². The van der Waals surface area contributed by atoms with Crippen LogP contribution in [0.4, 0.5) is 18.3 Å². The lowest BCUT2D eigenvalue weighted by atomic mass is 9.78. The SMILES string of the molecule is O=C(Nc1nnc(-c2ccccn2)s1)C1CCCCC1C(F)(F)F. The summed E-state index contributed by atoms with van der Waals surface area (Å²) in [6.07, 6.45) is -1.40. The lowest BCUT2D eigenvalue weighted by molar-refractivity contribution is -0.197. The molecule has 0 radical (unpaired) electrons. The Morgan fingerprint density at radius 1 is 1.21 bits per heavy atom. The van der Waals surface area contributed by atoms with Crippen LogP contribution < -0.4 is 5.32 Å². The number of hydrogen-bond donors (Lipinski definition) is 1. The number of amides is 1. The summed E-state index contributed by atoms with van der Waals surface area (Å²) in [5.74, 6) is -3.30. The Labute approximate surface area is 140 Å². The standard InChI is InChI=1S/C15H15F3N4OS/c16-15(17,18)10-6-2-1-5-9(10)12(23)20-14-22-21-13(24-14)11-7-3-4-8-19-11/h3-4,7-10H,1-2,5-6H2,(H,20,22,23). The van der Waals surface area contributed by atoms with Crippen molar-refractivity contribution in [2.24, 2.45) is 11.8 Å². The van der Waals surface area contributed by atoms with Gasteiger partial charge in [-0.2, -0.15) is 13.2 Å². The molecule has 1 aliphatic rings. The molecule has 1 fully saturated rings. The van der Waals surface area contributed by atoms with E-state index in [9.17, 15) is 18.0 Å². The highest BCUT2D eigenvalue weighted by Crippen LogP contribution is 2.42. The Morgan fingerprint density at radius 2 is 2.00 bits per heavy atom. The fraction of sp³-hybridized carbons (Fsp3) is 0.467. The molecule has 2 aromatic heterocycles. The van der Waals surface area contributed by atoms with Gasteiger partial charge in [0.25, 0.3) is 0 Å². The molecular formula is C15H15F3N4OS. The zero-order valence-electron chi connectivity index (χ0n) is 12.6. The van der Waals surface area contributed by atoms with Gasteiger partial charge in [-0.25, -0.2) is 0 Å². The van der Waals surface area contributed by atoms with Crippen LogP contribution in [0.5, 0.6) is 0 Å². The van der Waals surface area contributed by atoms with Gasteiger partial charge in [-0.15, -0.1) is 10.2 Å². The number of carbonyl (C=O) groups is 1. The first-order valence-electron chi connectivity index (χ1n) is 7.57. The number of halogens is 3. The molecule has 5 nitrogen and oxygen atoms in total. The first-order valence-corrected chi connectivity index (χ1v) is 8.39. The third kappa shape index (κ3) is 3.72. The molecule has 2 heterocycles. The van der Waals surface area contributed by atoms with Gasteiger partial charge in [0.15, 0.2) is 5.01 Å². The first-order chi connectivity index (χ1) is 11.4. The molecule has 0 aliphatic heterocycles. The minimum absolute atomic E-state index is 0.00308. The molecule has 0 aromatic carbocycles. The molecule has 1 amide bonds. The number of nitrogens with one attached hydrogen (secondary N) is 1. The van der Waals surface area contributed by atoms with Crippen LogP contribution in [0.1, 0.15) is 25.7 Å². The summed E-state index contributed by atoms with van der Waals surface area (Å²) in [4.78, 5) is 16.4. The second kappa shape index (κ2) is 6.84. The van der Waals surface area contributed by atoms with E-state index in [2.05, 4.69) is 20.5 Å². The zero-order chi connectivity index (χ0) is 17.2. The van der Waals surface area contributed by atoms with Gasteiger partial charge in [-0.3, -0.25) is 9.78 Å². The van der Waals surface area contributed by atoms with Crippen molar-refractivity contribution in [3.05, 3.63) is 24.4 Å². The molecule has 9 heteroatoms. The minimum Gasteiger partial charge on any atom is -0.300 e. The second-order valence-electron chi connectivity index (χ2n) is 5.66. The van der Waals surface area contributed by atoms with Gasteiger partial charge < -0.3 is 5.32 Å². The van der Waals surface area contributed by atoms with E-state index in [4.69, 9.17) is 0 Å². The van der Waals surface area contributed by atoms with Gasteiger partial charge in [-0.1, -0.05) is 30.2 Å². The van der Waals surface area contributed by atoms with Crippen LogP contribution in [0.3, 0.4) is 0 Å². The highest BCUT2D eigenvalue weighted by molar-refractivity contribution is 7.18. The van der Waals surface area contributed by atoms with Crippen LogP contribution in [-0.4, -0.2) is 27.3 Å². The number of pyridine rings is 1. The predicted molar refractivity (Wildman–Crippen MR) is 83.3 cm³/mol. The maximum Gasteiger partial charge on any atom is 0.392 e. The van der Waals surface area contributed by atoms with E-state index in [0.717, 1.165) is 11.3 Å². The molecule has 0 spiro atoms. The van der Waals surface area contributed by atoms with Crippen LogP contribution in [0, 0.1) is 11.8 Å². The van der Waals surface area contributed by atoms with Crippen molar-refractivity contribution in [1.29, 1.82) is 0 Å². The molecule has 0 saturated heterocycles. The fourth-order valence-corrected chi connectivity index (χ4v) is 3.62. The average molecular weight is 356 g/mol. The summed E-state index contributed by atoms with van der Waals surface area (Å²) >= 11 is 1.09. The highest BCUT2D eigenvalue weighted by Gasteiger charge is 2.48. The summed E-state index contributed by atoms with van der Waals surface area (Å²) in [5.41, 5.74) is 0.598. The molecule has 2 unspecified atom stereocenters. The van der Waals surface area contributed by atoms with Crippen LogP contribution in [0.2, 0.25) is 0 Å². The number of alkyl halides is 3. The van der Waals surface area contributed by atoms with E-state index in [0.29, 0.717) is 23.5 Å². The number of aromatic nitrogens is 3. The third-order valence-corrected chi connectivity index (χ3v) is 4.92. The Morgan fingerprint density at radius 3 is 2.71 bits per heavy atom. The number of rotatable bonds is 3. The molecule has 2 atom stereocenters. The van der Waals surface area contributed by atoms with Crippen LogP contribution in [0.25, 0.3) is 10.7 Å². The quantitative estimate of drug-likeness (QED) is 0.905. The Bertz CT molecular complexity index is 704. The molecule has 3 rings (SSSR count). The van der Waals surface area contributed by atoms with Gasteiger partial charge in [0.2, 0.25) is 11.0 Å². The normalized spacial score (nSPS) is 21.5. The molecule has 1 N–H and O–H groups in total. The topological polar surface area (TPSA) is 67.8 Å². The predicted octanol–water partition coefficient (Wildman–Crippen LogP) is 3.91. The third-order valence-electron chi connectivity index (χ3n) is 4.06. The van der Waals surface area contributed by atoms with E-state index in [1.165, 1.54) is 0 Å². The van der Waals surface area contributed by atoms with Gasteiger partial charge in [-0.05, 0) is 25.0 Å². The molecular weight excluding hydrogens is 341 g/mol. The van der Waals surface area contributed by atoms with E-state index < -0.39 is 23.9 Å². The molecule has 24 heavy (non-hydrogen) atoms. The monoisotopic (exact) mass is 356 g/mol. The van der Waals surface area contributed by atoms with Crippen molar-refractivity contribution in [3.63, 3.8) is 0 Å². The van der Waals surface area contributed by atoms with Gasteiger partial charge in [0, 0.05) is 12.1 Å². The molecule has 0 bridgehead atoms. The molecule has 2 aromatic rings. The largest absolute Gasteiger partial charge is 0.392 e. The molecule has 1 aliphatic carbocycles. The van der Waals surface area contributed by atoms with Crippen molar-refractivity contribution in [2.75, 3.05) is 5.32 Å². The first kappa shape index (κ1) is 16.8. The van der Waals surface area contributed by atoms with Crippen LogP contribution >= 0.6 is 11.3 Å². The van der Waals surface area contributed by atoms with E-state index >= 15 is 0 Å². The number of anilines is 1. The van der Waals surface area contributed by atoms with E-state index in [1.54, 1.807) is 24.4 Å². The summed E-state index contributed by atoms with van der Waals surface area (Å²) in [6, 6.07) is 5.29. The van der Waals surface area contributed by atoms with Crippen molar-refractivity contribution in [2.45, 2.75) is 31.9 Å². The number of nitrogens with zero attached hydrogens (tertiary/aromatic N) is 3. The summed E-state index contributed by atoms with van der Waals surface area (Å²) in [6.45, 7) is 0. The average Bonchev–Trinajstić information content (AvgIpc) is 3.03.